The van der Waals surface area contributed by atoms with Crippen molar-refractivity contribution in [2.45, 2.75) is 82.2 Å². The van der Waals surface area contributed by atoms with E-state index in [1.54, 1.807) is 20.1 Å². The number of aliphatic hydroxyl groups is 1. The Morgan fingerprint density at radius 3 is 2.57 bits per heavy atom. The van der Waals surface area contributed by atoms with Crippen molar-refractivity contribution in [2.24, 2.45) is 0 Å². The molecule has 1 aliphatic heterocycles. The quantitative estimate of drug-likeness (QED) is 0.476. The van der Waals surface area contributed by atoms with Gasteiger partial charge in [0.05, 0.1) is 30.2 Å². The molecule has 0 unspecified atom stereocenters. The van der Waals surface area contributed by atoms with Gasteiger partial charge in [0.1, 0.15) is 0 Å². The van der Waals surface area contributed by atoms with Gasteiger partial charge in [0.15, 0.2) is 5.96 Å². The van der Waals surface area contributed by atoms with Gasteiger partial charge in [-0.25, -0.2) is 0 Å². The van der Waals surface area contributed by atoms with E-state index in [0.717, 1.165) is 35.1 Å². The van der Waals surface area contributed by atoms with Crippen LogP contribution >= 0.6 is 0 Å². The average molecular weight is 505 g/mol. The number of methoxy groups -OCH3 is 1. The molecule has 8 heteroatoms. The number of fused-ring (bicyclic) bond motifs is 2. The van der Waals surface area contributed by atoms with Gasteiger partial charge in [-0.2, -0.15) is 0 Å². The summed E-state index contributed by atoms with van der Waals surface area (Å²) in [6, 6.07) is 12.3. The van der Waals surface area contributed by atoms with E-state index in [0.29, 0.717) is 24.8 Å². The fourth-order valence-corrected chi connectivity index (χ4v) is 6.33. The summed E-state index contributed by atoms with van der Waals surface area (Å²) < 4.78 is 5.72. The molecule has 0 aromatic heterocycles. The van der Waals surface area contributed by atoms with Gasteiger partial charge in [0.25, 0.3) is 5.91 Å². The summed E-state index contributed by atoms with van der Waals surface area (Å²) in [6.07, 6.45) is 2.59. The molecule has 2 aliphatic carbocycles. The minimum atomic E-state index is -1.09. The van der Waals surface area contributed by atoms with Crippen LogP contribution in [0.15, 0.2) is 42.5 Å². The van der Waals surface area contributed by atoms with Gasteiger partial charge in [0, 0.05) is 31.1 Å². The number of rotatable bonds is 6. The van der Waals surface area contributed by atoms with Crippen LogP contribution in [0.5, 0.6) is 0 Å². The van der Waals surface area contributed by atoms with Gasteiger partial charge < -0.3 is 20.5 Å². The molecule has 37 heavy (non-hydrogen) atoms. The van der Waals surface area contributed by atoms with Crippen LogP contribution in [-0.2, 0) is 16.0 Å². The van der Waals surface area contributed by atoms with Crippen LogP contribution in [0, 0.1) is 5.41 Å². The molecule has 4 N–H and O–H groups in total. The van der Waals surface area contributed by atoms with Crippen molar-refractivity contribution in [1.82, 2.24) is 15.5 Å². The first-order valence-electron chi connectivity index (χ1n) is 13.1. The summed E-state index contributed by atoms with van der Waals surface area (Å²) in [5.74, 6) is -0.284. The second-order valence-corrected chi connectivity index (χ2v) is 10.9. The predicted octanol–water partition coefficient (Wildman–Crippen LogP) is 3.91. The van der Waals surface area contributed by atoms with E-state index in [4.69, 9.17) is 10.1 Å². The van der Waals surface area contributed by atoms with Gasteiger partial charge >= 0.3 is 0 Å². The van der Waals surface area contributed by atoms with E-state index in [1.165, 1.54) is 4.90 Å². The van der Waals surface area contributed by atoms with Crippen LogP contribution < -0.4 is 10.6 Å². The van der Waals surface area contributed by atoms with Crippen LogP contribution in [0.25, 0.3) is 0 Å². The SMILES string of the molecule is CCC1(CC)CC(=O)N([C@@H]2C[C@@H](OC)c3ccc(C(=O)N[C@@H]4c5ccccc5C[C@@]4(C)O)cc32)C(=N)N1. The third-order valence-corrected chi connectivity index (χ3v) is 8.64. The largest absolute Gasteiger partial charge is 0.387 e. The maximum Gasteiger partial charge on any atom is 0.251 e. The summed E-state index contributed by atoms with van der Waals surface area (Å²) >= 11 is 0. The molecular weight excluding hydrogens is 468 g/mol. The number of ether oxygens (including phenoxy) is 1. The molecule has 196 valence electrons. The van der Waals surface area contributed by atoms with Crippen molar-refractivity contribution in [3.05, 3.63) is 70.3 Å². The number of carbonyl (C=O) groups is 2. The highest BCUT2D eigenvalue weighted by atomic mass is 16.5. The number of benzene rings is 2. The molecular formula is C29H36N4O4. The summed E-state index contributed by atoms with van der Waals surface area (Å²) in [6.45, 7) is 5.81. The molecule has 0 bridgehead atoms. The summed E-state index contributed by atoms with van der Waals surface area (Å²) in [5.41, 5.74) is 2.65. The Morgan fingerprint density at radius 1 is 1.16 bits per heavy atom. The number of nitrogens with one attached hydrogen (secondary N) is 3. The molecule has 3 aliphatic rings. The zero-order valence-corrected chi connectivity index (χ0v) is 21.9. The lowest BCUT2D eigenvalue weighted by Gasteiger charge is -2.44. The minimum absolute atomic E-state index is 0.0892. The topological polar surface area (TPSA) is 115 Å². The lowest BCUT2D eigenvalue weighted by atomic mass is 9.86. The molecule has 8 nitrogen and oxygen atoms in total. The fourth-order valence-electron chi connectivity index (χ4n) is 6.33. The third-order valence-electron chi connectivity index (χ3n) is 8.64. The van der Waals surface area contributed by atoms with Crippen molar-refractivity contribution in [1.29, 1.82) is 5.41 Å². The second-order valence-electron chi connectivity index (χ2n) is 10.9. The smallest absolute Gasteiger partial charge is 0.251 e. The lowest BCUT2D eigenvalue weighted by Crippen LogP contribution is -2.62. The van der Waals surface area contributed by atoms with E-state index >= 15 is 0 Å². The Labute approximate surface area is 217 Å². The van der Waals surface area contributed by atoms with Crippen LogP contribution in [0.1, 0.15) is 97.3 Å². The lowest BCUT2D eigenvalue weighted by molar-refractivity contribution is -0.133. The van der Waals surface area contributed by atoms with Crippen molar-refractivity contribution < 1.29 is 19.4 Å². The van der Waals surface area contributed by atoms with Crippen LogP contribution in [-0.4, -0.2) is 46.0 Å². The van der Waals surface area contributed by atoms with Crippen molar-refractivity contribution in [2.75, 3.05) is 7.11 Å². The zero-order valence-electron chi connectivity index (χ0n) is 21.9. The highest BCUT2D eigenvalue weighted by Gasteiger charge is 2.46. The standard InChI is InChI=1S/C29H36N4O4/c1-5-29(6-2)16-24(34)33(27(30)32-29)22-14-23(37-4)20-12-11-17(13-21(20)22)26(35)31-25-19-10-8-7-9-18(19)15-28(25,3)36/h7-13,22-23,25,36H,5-6,14-16H2,1-4H3,(H2,30,32)(H,31,35)/t22-,23-,25-,28-/m1/s1. The molecule has 0 radical (unpaired) electrons. The molecule has 2 aromatic carbocycles. The van der Waals surface area contributed by atoms with Crippen molar-refractivity contribution >= 4 is 17.8 Å². The van der Waals surface area contributed by atoms with E-state index in [2.05, 4.69) is 10.6 Å². The normalized spacial score (nSPS) is 28.0. The molecule has 1 fully saturated rings. The van der Waals surface area contributed by atoms with Gasteiger partial charge in [-0.3, -0.25) is 19.9 Å². The molecule has 2 aromatic rings. The zero-order chi connectivity index (χ0) is 26.5. The number of hydrogen-bond donors (Lipinski definition) is 4. The van der Waals surface area contributed by atoms with Gasteiger partial charge in [-0.15, -0.1) is 0 Å². The molecule has 2 amide bonds. The van der Waals surface area contributed by atoms with Gasteiger partial charge in [0.2, 0.25) is 5.91 Å². The minimum Gasteiger partial charge on any atom is -0.387 e. The number of guanidine groups is 1. The Balaban J connectivity index is 1.44. The van der Waals surface area contributed by atoms with Gasteiger partial charge in [-0.1, -0.05) is 44.2 Å². The Hall–Kier alpha value is -3.23. The number of nitrogens with zero attached hydrogens (tertiary/aromatic N) is 1. The maximum atomic E-state index is 13.4. The van der Waals surface area contributed by atoms with Crippen molar-refractivity contribution in [3.8, 4) is 0 Å². The summed E-state index contributed by atoms with van der Waals surface area (Å²) in [5, 5.41) is 26.1. The van der Waals surface area contributed by atoms with Gasteiger partial charge in [-0.05, 0) is 54.2 Å². The maximum absolute atomic E-state index is 13.4. The van der Waals surface area contributed by atoms with Crippen molar-refractivity contribution in [3.63, 3.8) is 0 Å². The van der Waals surface area contributed by atoms with E-state index in [-0.39, 0.29) is 23.9 Å². The molecule has 1 saturated heterocycles. The fraction of sp³-hybridized carbons (Fsp3) is 0.483. The van der Waals surface area contributed by atoms with Crippen LogP contribution in [0.3, 0.4) is 0 Å². The Morgan fingerprint density at radius 2 is 1.89 bits per heavy atom. The van der Waals surface area contributed by atoms with E-state index < -0.39 is 23.2 Å². The second kappa shape index (κ2) is 9.26. The highest BCUT2D eigenvalue weighted by molar-refractivity contribution is 6.00. The highest BCUT2D eigenvalue weighted by Crippen LogP contribution is 2.46. The molecule has 1 heterocycles. The van der Waals surface area contributed by atoms with E-state index in [1.807, 2.05) is 50.2 Å². The molecule has 4 atom stereocenters. The monoisotopic (exact) mass is 504 g/mol. The predicted molar refractivity (Wildman–Crippen MR) is 140 cm³/mol. The first kappa shape index (κ1) is 25.4. The molecule has 0 saturated carbocycles. The van der Waals surface area contributed by atoms with Crippen LogP contribution in [0.4, 0.5) is 0 Å². The molecule has 5 rings (SSSR count). The first-order chi connectivity index (χ1) is 17.6. The summed E-state index contributed by atoms with van der Waals surface area (Å²) in [4.78, 5) is 28.3. The average Bonchev–Trinajstić information content (AvgIpc) is 3.36. The Bertz CT molecular complexity index is 1230. The number of hydrogen-bond acceptors (Lipinski definition) is 5. The van der Waals surface area contributed by atoms with Crippen LogP contribution in [0.2, 0.25) is 0 Å². The van der Waals surface area contributed by atoms with E-state index in [9.17, 15) is 14.7 Å². The summed E-state index contributed by atoms with van der Waals surface area (Å²) in [7, 11) is 1.64. The number of amides is 2. The number of carbonyl (C=O) groups excluding carboxylic acids is 2. The first-order valence-corrected chi connectivity index (χ1v) is 13.1. The third kappa shape index (κ3) is 4.22. The Kier molecular flexibility index (Phi) is 6.36. The molecule has 0 spiro atoms.